The highest BCUT2D eigenvalue weighted by Gasteiger charge is 1.78. The van der Waals surface area contributed by atoms with Gasteiger partial charge in [-0.05, 0) is 26.3 Å². The van der Waals surface area contributed by atoms with E-state index in [1.54, 1.807) is 7.11 Å². The molecule has 0 saturated carbocycles. The van der Waals surface area contributed by atoms with Crippen LogP contribution < -0.4 is 0 Å². The van der Waals surface area contributed by atoms with Gasteiger partial charge in [0.25, 0.3) is 0 Å². The maximum atomic E-state index is 4.92. The summed E-state index contributed by atoms with van der Waals surface area (Å²) in [6.07, 6.45) is 7.12. The zero-order valence-electron chi connectivity index (χ0n) is 6.35. The Kier molecular flexibility index (Phi) is 4.98. The van der Waals surface area contributed by atoms with Gasteiger partial charge in [-0.1, -0.05) is 12.2 Å². The Morgan fingerprint density at radius 1 is 1.56 bits per heavy atom. The number of allylic oxidation sites excluding steroid dienone is 4. The second-order valence-electron chi connectivity index (χ2n) is 1.82. The lowest BCUT2D eigenvalue weighted by molar-refractivity contribution is 0.292. The first-order chi connectivity index (χ1) is 4.31. The summed E-state index contributed by atoms with van der Waals surface area (Å²) in [6.45, 7) is 3.96. The van der Waals surface area contributed by atoms with Crippen molar-refractivity contribution in [1.82, 2.24) is 0 Å². The molecule has 0 aromatic rings. The van der Waals surface area contributed by atoms with Crippen molar-refractivity contribution in [1.29, 1.82) is 0 Å². The van der Waals surface area contributed by atoms with E-state index in [-0.39, 0.29) is 0 Å². The fraction of sp³-hybridized carbons (Fsp3) is 0.500. The Hall–Kier alpha value is -0.720. The van der Waals surface area contributed by atoms with Gasteiger partial charge < -0.3 is 4.74 Å². The molecule has 0 rings (SSSR count). The number of methoxy groups -OCH3 is 1. The molecule has 0 saturated heterocycles. The third-order valence-electron chi connectivity index (χ3n) is 1.10. The van der Waals surface area contributed by atoms with Crippen molar-refractivity contribution in [3.63, 3.8) is 0 Å². The topological polar surface area (TPSA) is 9.23 Å². The molecule has 0 amide bonds. The molecule has 0 bridgehead atoms. The molecule has 0 radical (unpaired) electrons. The number of ether oxygens (including phenoxy) is 1. The number of hydrogen-bond donors (Lipinski definition) is 0. The van der Waals surface area contributed by atoms with Gasteiger partial charge in [-0.15, -0.1) is 0 Å². The number of rotatable bonds is 3. The molecule has 52 valence electrons. The molecular formula is C8H14O. The fourth-order valence-electron chi connectivity index (χ4n) is 0.453. The predicted octanol–water partition coefficient (Wildman–Crippen LogP) is 2.50. The maximum absolute atomic E-state index is 4.92. The second kappa shape index (κ2) is 5.42. The molecular weight excluding hydrogens is 112 g/mol. The first kappa shape index (κ1) is 8.28. The highest BCUT2D eigenvalue weighted by Crippen LogP contribution is 1.95. The summed E-state index contributed by atoms with van der Waals surface area (Å²) in [5.74, 6) is 0.980. The zero-order valence-corrected chi connectivity index (χ0v) is 6.35. The van der Waals surface area contributed by atoms with Crippen LogP contribution in [-0.4, -0.2) is 7.11 Å². The molecule has 0 aliphatic heterocycles. The van der Waals surface area contributed by atoms with Crippen LogP contribution in [0.2, 0.25) is 0 Å². The summed E-state index contributed by atoms with van der Waals surface area (Å²) < 4.78 is 4.92. The second-order valence-corrected chi connectivity index (χ2v) is 1.82. The maximum Gasteiger partial charge on any atom is 0.0887 e. The summed E-state index contributed by atoms with van der Waals surface area (Å²) in [6, 6.07) is 0. The molecule has 0 unspecified atom stereocenters. The molecule has 1 nitrogen and oxygen atoms in total. The van der Waals surface area contributed by atoms with Crippen LogP contribution in [0.25, 0.3) is 0 Å². The SMILES string of the molecule is C/C=C\C/C=C(\C)OC. The summed E-state index contributed by atoms with van der Waals surface area (Å²) in [4.78, 5) is 0. The highest BCUT2D eigenvalue weighted by molar-refractivity contribution is 4.94. The summed E-state index contributed by atoms with van der Waals surface area (Å²) in [5.41, 5.74) is 0. The predicted molar refractivity (Wildman–Crippen MR) is 40.2 cm³/mol. The van der Waals surface area contributed by atoms with Crippen LogP contribution in [0.4, 0.5) is 0 Å². The van der Waals surface area contributed by atoms with E-state index >= 15 is 0 Å². The first-order valence-electron chi connectivity index (χ1n) is 3.13. The Morgan fingerprint density at radius 2 is 2.22 bits per heavy atom. The van der Waals surface area contributed by atoms with Gasteiger partial charge in [0.15, 0.2) is 0 Å². The average Bonchev–Trinajstić information content (AvgIpc) is 1.89. The van der Waals surface area contributed by atoms with E-state index in [2.05, 4.69) is 6.08 Å². The Morgan fingerprint density at radius 3 is 2.67 bits per heavy atom. The molecule has 0 aromatic heterocycles. The van der Waals surface area contributed by atoms with E-state index in [0.29, 0.717) is 0 Å². The quantitative estimate of drug-likeness (QED) is 0.417. The van der Waals surface area contributed by atoms with Crippen molar-refractivity contribution in [2.45, 2.75) is 20.3 Å². The largest absolute Gasteiger partial charge is 0.502 e. The third-order valence-corrected chi connectivity index (χ3v) is 1.10. The summed E-state index contributed by atoms with van der Waals surface area (Å²) in [7, 11) is 1.68. The smallest absolute Gasteiger partial charge is 0.0887 e. The van der Waals surface area contributed by atoms with Crippen LogP contribution in [-0.2, 0) is 4.74 Å². The van der Waals surface area contributed by atoms with E-state index in [4.69, 9.17) is 4.74 Å². The van der Waals surface area contributed by atoms with Crippen LogP contribution in [0.1, 0.15) is 20.3 Å². The van der Waals surface area contributed by atoms with E-state index in [1.165, 1.54) is 0 Å². The van der Waals surface area contributed by atoms with Gasteiger partial charge in [-0.25, -0.2) is 0 Å². The monoisotopic (exact) mass is 126 g/mol. The molecule has 0 aromatic carbocycles. The minimum absolute atomic E-state index is 0.968. The van der Waals surface area contributed by atoms with Crippen LogP contribution in [0.15, 0.2) is 24.0 Å². The van der Waals surface area contributed by atoms with Gasteiger partial charge in [0.1, 0.15) is 0 Å². The minimum Gasteiger partial charge on any atom is -0.502 e. The Labute approximate surface area is 57.0 Å². The molecule has 1 heteroatoms. The molecule has 9 heavy (non-hydrogen) atoms. The van der Waals surface area contributed by atoms with Crippen LogP contribution in [0, 0.1) is 0 Å². The lowest BCUT2D eigenvalue weighted by Gasteiger charge is -1.94. The van der Waals surface area contributed by atoms with Crippen molar-refractivity contribution in [2.75, 3.05) is 7.11 Å². The molecule has 0 heterocycles. The molecule has 0 atom stereocenters. The van der Waals surface area contributed by atoms with Crippen molar-refractivity contribution >= 4 is 0 Å². The summed E-state index contributed by atoms with van der Waals surface area (Å²) in [5, 5.41) is 0. The average molecular weight is 126 g/mol. The Bertz CT molecular complexity index is 112. The standard InChI is InChI=1S/C8H14O/c1-4-5-6-7-8(2)9-3/h4-5,7H,6H2,1-3H3/b5-4-,8-7+. The molecule has 0 fully saturated rings. The highest BCUT2D eigenvalue weighted by atomic mass is 16.5. The van der Waals surface area contributed by atoms with Gasteiger partial charge in [0.05, 0.1) is 12.9 Å². The van der Waals surface area contributed by atoms with E-state index < -0.39 is 0 Å². The van der Waals surface area contributed by atoms with Crippen LogP contribution >= 0.6 is 0 Å². The van der Waals surface area contributed by atoms with Crippen molar-refractivity contribution in [3.05, 3.63) is 24.0 Å². The zero-order chi connectivity index (χ0) is 7.11. The normalized spacial score (nSPS) is 12.6. The van der Waals surface area contributed by atoms with Gasteiger partial charge in [0.2, 0.25) is 0 Å². The Balaban J connectivity index is 3.43. The van der Waals surface area contributed by atoms with Crippen molar-refractivity contribution < 1.29 is 4.74 Å². The third kappa shape index (κ3) is 5.15. The van der Waals surface area contributed by atoms with Crippen molar-refractivity contribution in [2.24, 2.45) is 0 Å². The van der Waals surface area contributed by atoms with Gasteiger partial charge in [-0.2, -0.15) is 0 Å². The molecule has 0 aliphatic carbocycles. The summed E-state index contributed by atoms with van der Waals surface area (Å²) >= 11 is 0. The molecule has 0 N–H and O–H groups in total. The first-order valence-corrected chi connectivity index (χ1v) is 3.13. The van der Waals surface area contributed by atoms with Gasteiger partial charge in [-0.3, -0.25) is 0 Å². The van der Waals surface area contributed by atoms with Gasteiger partial charge in [0, 0.05) is 0 Å². The van der Waals surface area contributed by atoms with E-state index in [1.807, 2.05) is 26.0 Å². The fourth-order valence-corrected chi connectivity index (χ4v) is 0.453. The minimum atomic E-state index is 0.968. The van der Waals surface area contributed by atoms with E-state index in [0.717, 1.165) is 12.2 Å². The van der Waals surface area contributed by atoms with Crippen molar-refractivity contribution in [3.8, 4) is 0 Å². The van der Waals surface area contributed by atoms with E-state index in [9.17, 15) is 0 Å². The number of hydrogen-bond acceptors (Lipinski definition) is 1. The lowest BCUT2D eigenvalue weighted by Crippen LogP contribution is -1.76. The molecule has 0 spiro atoms. The van der Waals surface area contributed by atoms with Gasteiger partial charge >= 0.3 is 0 Å². The lowest BCUT2D eigenvalue weighted by atomic mass is 10.3. The van der Waals surface area contributed by atoms with Crippen LogP contribution in [0.3, 0.4) is 0 Å². The molecule has 0 aliphatic rings. The van der Waals surface area contributed by atoms with Crippen LogP contribution in [0.5, 0.6) is 0 Å².